The monoisotopic (exact) mass is 258 g/mol. The molecule has 3 heteroatoms. The highest BCUT2D eigenvalue weighted by Gasteiger charge is 2.14. The largest absolute Gasteiger partial charge is 0.396 e. The van der Waals surface area contributed by atoms with Crippen molar-refractivity contribution in [3.8, 4) is 11.3 Å². The molecule has 0 bridgehead atoms. The van der Waals surface area contributed by atoms with E-state index in [1.54, 1.807) is 0 Å². The van der Waals surface area contributed by atoms with Crippen LogP contribution in [0.1, 0.15) is 28.2 Å². The van der Waals surface area contributed by atoms with Crippen LogP contribution in [0.2, 0.25) is 0 Å². The van der Waals surface area contributed by atoms with Crippen LogP contribution in [0.25, 0.3) is 11.3 Å². The van der Waals surface area contributed by atoms with Crippen LogP contribution in [-0.2, 0) is 13.5 Å². The Labute approximate surface area is 114 Å². The van der Waals surface area contributed by atoms with Gasteiger partial charge in [-0.1, -0.05) is 6.07 Å². The third kappa shape index (κ3) is 2.43. The van der Waals surface area contributed by atoms with Gasteiger partial charge in [0.25, 0.3) is 0 Å². The van der Waals surface area contributed by atoms with Gasteiger partial charge >= 0.3 is 0 Å². The minimum atomic E-state index is 0.135. The molecule has 2 aromatic rings. The van der Waals surface area contributed by atoms with Crippen LogP contribution in [0.15, 0.2) is 12.1 Å². The average molecular weight is 258 g/mol. The van der Waals surface area contributed by atoms with Crippen molar-refractivity contribution in [3.05, 3.63) is 40.3 Å². The summed E-state index contributed by atoms with van der Waals surface area (Å²) in [7, 11) is 2.01. The number of aliphatic hydroxyl groups is 1. The summed E-state index contributed by atoms with van der Waals surface area (Å²) in [6.45, 7) is 8.61. The number of hydrogen-bond donors (Lipinski definition) is 1. The summed E-state index contributed by atoms with van der Waals surface area (Å²) in [6, 6.07) is 4.42. The standard InChI is InChI=1S/C16H22N2O/c1-10-8-12(3)14(9-11(10)2)16-13(4)18(5)15(17-16)6-7-19/h8-9,19H,6-7H2,1-5H3. The second kappa shape index (κ2) is 5.17. The first-order valence-electron chi connectivity index (χ1n) is 6.67. The van der Waals surface area contributed by atoms with E-state index in [9.17, 15) is 0 Å². The van der Waals surface area contributed by atoms with E-state index in [4.69, 9.17) is 10.1 Å². The lowest BCUT2D eigenvalue weighted by Gasteiger charge is -2.09. The van der Waals surface area contributed by atoms with E-state index in [1.807, 2.05) is 7.05 Å². The van der Waals surface area contributed by atoms with Gasteiger partial charge in [0.15, 0.2) is 0 Å². The Hall–Kier alpha value is -1.61. The first kappa shape index (κ1) is 13.8. The van der Waals surface area contributed by atoms with Crippen LogP contribution in [0, 0.1) is 27.7 Å². The zero-order valence-electron chi connectivity index (χ0n) is 12.4. The quantitative estimate of drug-likeness (QED) is 0.919. The molecule has 1 aromatic heterocycles. The smallest absolute Gasteiger partial charge is 0.111 e. The van der Waals surface area contributed by atoms with Crippen molar-refractivity contribution in [2.24, 2.45) is 7.05 Å². The summed E-state index contributed by atoms with van der Waals surface area (Å²) in [5.41, 5.74) is 7.22. The molecule has 0 unspecified atom stereocenters. The highest BCUT2D eigenvalue weighted by Crippen LogP contribution is 2.28. The highest BCUT2D eigenvalue weighted by molar-refractivity contribution is 5.67. The van der Waals surface area contributed by atoms with Gasteiger partial charge in [0, 0.05) is 24.7 Å². The molecule has 102 valence electrons. The number of aromatic nitrogens is 2. The van der Waals surface area contributed by atoms with Crippen LogP contribution in [-0.4, -0.2) is 21.3 Å². The van der Waals surface area contributed by atoms with E-state index >= 15 is 0 Å². The highest BCUT2D eigenvalue weighted by atomic mass is 16.3. The van der Waals surface area contributed by atoms with Crippen LogP contribution in [0.4, 0.5) is 0 Å². The molecule has 0 atom stereocenters. The molecule has 1 N–H and O–H groups in total. The van der Waals surface area contributed by atoms with Crippen molar-refractivity contribution in [2.45, 2.75) is 34.1 Å². The fraction of sp³-hybridized carbons (Fsp3) is 0.438. The molecule has 0 amide bonds. The minimum Gasteiger partial charge on any atom is -0.396 e. The van der Waals surface area contributed by atoms with Gasteiger partial charge in [-0.25, -0.2) is 4.98 Å². The molecule has 0 fully saturated rings. The van der Waals surface area contributed by atoms with Gasteiger partial charge in [-0.3, -0.25) is 0 Å². The summed E-state index contributed by atoms with van der Waals surface area (Å²) in [5, 5.41) is 9.10. The molecule has 19 heavy (non-hydrogen) atoms. The van der Waals surface area contributed by atoms with Crippen molar-refractivity contribution in [1.82, 2.24) is 9.55 Å². The Morgan fingerprint density at radius 2 is 1.68 bits per heavy atom. The zero-order chi connectivity index (χ0) is 14.2. The predicted octanol–water partition coefficient (Wildman–Crippen LogP) is 2.86. The molecule has 2 rings (SSSR count). The Bertz CT molecular complexity index is 612. The van der Waals surface area contributed by atoms with Crippen LogP contribution >= 0.6 is 0 Å². The Balaban J connectivity index is 2.59. The summed E-state index contributed by atoms with van der Waals surface area (Å²) in [6.07, 6.45) is 0.598. The molecule has 0 radical (unpaired) electrons. The molecular formula is C16H22N2O. The molecule has 0 saturated heterocycles. The topological polar surface area (TPSA) is 38.1 Å². The normalized spacial score (nSPS) is 11.1. The maximum Gasteiger partial charge on any atom is 0.111 e. The summed E-state index contributed by atoms with van der Waals surface area (Å²) in [4.78, 5) is 4.70. The molecular weight excluding hydrogens is 236 g/mol. The van der Waals surface area contributed by atoms with E-state index in [0.717, 1.165) is 17.2 Å². The third-order valence-electron chi connectivity index (χ3n) is 3.91. The molecule has 1 aromatic carbocycles. The van der Waals surface area contributed by atoms with E-state index in [2.05, 4.69) is 44.4 Å². The second-order valence-corrected chi connectivity index (χ2v) is 5.25. The van der Waals surface area contributed by atoms with Crippen molar-refractivity contribution < 1.29 is 5.11 Å². The number of nitrogens with zero attached hydrogens (tertiary/aromatic N) is 2. The van der Waals surface area contributed by atoms with Crippen molar-refractivity contribution in [1.29, 1.82) is 0 Å². The first-order valence-corrected chi connectivity index (χ1v) is 6.67. The van der Waals surface area contributed by atoms with Gasteiger partial charge in [0.1, 0.15) is 5.82 Å². The lowest BCUT2D eigenvalue weighted by molar-refractivity contribution is 0.295. The van der Waals surface area contributed by atoms with Gasteiger partial charge in [-0.15, -0.1) is 0 Å². The summed E-state index contributed by atoms with van der Waals surface area (Å²) < 4.78 is 2.07. The fourth-order valence-electron chi connectivity index (χ4n) is 2.43. The van der Waals surface area contributed by atoms with E-state index in [1.165, 1.54) is 22.3 Å². The van der Waals surface area contributed by atoms with Crippen molar-refractivity contribution in [3.63, 3.8) is 0 Å². The fourth-order valence-corrected chi connectivity index (χ4v) is 2.43. The first-order chi connectivity index (χ1) is 8.95. The number of aliphatic hydroxyl groups excluding tert-OH is 1. The van der Waals surface area contributed by atoms with Crippen LogP contribution in [0.5, 0.6) is 0 Å². The van der Waals surface area contributed by atoms with E-state index < -0.39 is 0 Å². The Morgan fingerprint density at radius 1 is 1.05 bits per heavy atom. The SMILES string of the molecule is Cc1cc(C)c(-c2nc(CCO)n(C)c2C)cc1C. The zero-order valence-corrected chi connectivity index (χ0v) is 12.4. The van der Waals surface area contributed by atoms with Gasteiger partial charge in [-0.2, -0.15) is 0 Å². The number of imidazole rings is 1. The van der Waals surface area contributed by atoms with E-state index in [0.29, 0.717) is 6.42 Å². The minimum absolute atomic E-state index is 0.135. The molecule has 1 heterocycles. The number of hydrogen-bond acceptors (Lipinski definition) is 2. The van der Waals surface area contributed by atoms with E-state index in [-0.39, 0.29) is 6.61 Å². The van der Waals surface area contributed by atoms with Gasteiger partial charge in [-0.05, 0) is 50.5 Å². The number of rotatable bonds is 3. The third-order valence-corrected chi connectivity index (χ3v) is 3.91. The Kier molecular flexibility index (Phi) is 3.76. The lowest BCUT2D eigenvalue weighted by Crippen LogP contribution is -2.01. The molecule has 3 nitrogen and oxygen atoms in total. The molecule has 0 aliphatic heterocycles. The molecule has 0 saturated carbocycles. The average Bonchev–Trinajstić information content (AvgIpc) is 2.63. The number of aryl methyl sites for hydroxylation is 3. The summed E-state index contributed by atoms with van der Waals surface area (Å²) >= 11 is 0. The lowest BCUT2D eigenvalue weighted by atomic mass is 9.98. The van der Waals surface area contributed by atoms with Gasteiger partial charge < -0.3 is 9.67 Å². The molecule has 0 spiro atoms. The van der Waals surface area contributed by atoms with Crippen LogP contribution in [0.3, 0.4) is 0 Å². The van der Waals surface area contributed by atoms with Gasteiger partial charge in [0.2, 0.25) is 0 Å². The predicted molar refractivity (Wildman–Crippen MR) is 78.4 cm³/mol. The maximum absolute atomic E-state index is 9.10. The molecule has 0 aliphatic rings. The van der Waals surface area contributed by atoms with Crippen molar-refractivity contribution >= 4 is 0 Å². The summed E-state index contributed by atoms with van der Waals surface area (Å²) in [5.74, 6) is 0.938. The second-order valence-electron chi connectivity index (χ2n) is 5.25. The van der Waals surface area contributed by atoms with Gasteiger partial charge in [0.05, 0.1) is 12.3 Å². The van der Waals surface area contributed by atoms with Crippen molar-refractivity contribution in [2.75, 3.05) is 6.61 Å². The maximum atomic E-state index is 9.10. The van der Waals surface area contributed by atoms with Crippen LogP contribution < -0.4 is 0 Å². The Morgan fingerprint density at radius 3 is 2.32 bits per heavy atom. The molecule has 0 aliphatic carbocycles. The number of benzene rings is 1.